The van der Waals surface area contributed by atoms with Crippen LogP contribution in [0.3, 0.4) is 0 Å². The summed E-state index contributed by atoms with van der Waals surface area (Å²) in [5.74, 6) is 5.18. The van der Waals surface area contributed by atoms with Crippen molar-refractivity contribution < 1.29 is 28.4 Å². The number of methoxy groups -OCH3 is 3. The number of ether oxygens (including phenoxy) is 6. The second kappa shape index (κ2) is 11.8. The van der Waals surface area contributed by atoms with Gasteiger partial charge < -0.3 is 28.4 Å². The highest BCUT2D eigenvalue weighted by atomic mass is 16.7. The van der Waals surface area contributed by atoms with Crippen molar-refractivity contribution in [2.24, 2.45) is 0 Å². The largest absolute Gasteiger partial charge is 0.497 e. The van der Waals surface area contributed by atoms with Crippen LogP contribution in [0.15, 0.2) is 78.9 Å². The number of aryl methyl sites for hydroxylation is 4. The summed E-state index contributed by atoms with van der Waals surface area (Å²) >= 11 is 0. The van der Waals surface area contributed by atoms with Gasteiger partial charge in [-0.3, -0.25) is 0 Å². The molecule has 6 heteroatoms. The first-order valence-corrected chi connectivity index (χ1v) is 12.7. The first kappa shape index (κ1) is 25.3. The Balaban J connectivity index is 1.21. The molecule has 4 aromatic carbocycles. The molecule has 1 aliphatic rings. The SMILES string of the molecule is COc1ccc(CCc2ccc(OC)c(Oc3ccc(CCc4cc(OC)c5c(c4)OCO5)cc3)c2)cc1. The van der Waals surface area contributed by atoms with Crippen molar-refractivity contribution in [1.82, 2.24) is 0 Å². The molecule has 0 aliphatic carbocycles. The van der Waals surface area contributed by atoms with E-state index in [0.29, 0.717) is 23.0 Å². The van der Waals surface area contributed by atoms with Crippen molar-refractivity contribution in [2.45, 2.75) is 25.7 Å². The van der Waals surface area contributed by atoms with Crippen LogP contribution in [0.4, 0.5) is 0 Å². The van der Waals surface area contributed by atoms with E-state index in [1.54, 1.807) is 21.3 Å². The van der Waals surface area contributed by atoms with Gasteiger partial charge in [0.05, 0.1) is 21.3 Å². The van der Waals surface area contributed by atoms with Crippen LogP contribution in [0.1, 0.15) is 22.3 Å². The fourth-order valence-corrected chi connectivity index (χ4v) is 4.51. The van der Waals surface area contributed by atoms with E-state index in [1.165, 1.54) is 16.7 Å². The Morgan fingerprint density at radius 1 is 0.526 bits per heavy atom. The fraction of sp³-hybridized carbons (Fsp3) is 0.250. The molecule has 1 heterocycles. The van der Waals surface area contributed by atoms with Gasteiger partial charge in [-0.2, -0.15) is 0 Å². The molecular formula is C32H32O6. The Bertz CT molecular complexity index is 1360. The van der Waals surface area contributed by atoms with E-state index in [0.717, 1.165) is 48.5 Å². The lowest BCUT2D eigenvalue weighted by Gasteiger charge is -2.13. The van der Waals surface area contributed by atoms with Crippen LogP contribution in [0.5, 0.6) is 40.2 Å². The average molecular weight is 513 g/mol. The van der Waals surface area contributed by atoms with E-state index in [1.807, 2.05) is 42.5 Å². The van der Waals surface area contributed by atoms with Crippen LogP contribution in [0, 0.1) is 0 Å². The summed E-state index contributed by atoms with van der Waals surface area (Å²) in [4.78, 5) is 0. The van der Waals surface area contributed by atoms with E-state index in [2.05, 4.69) is 36.4 Å². The summed E-state index contributed by atoms with van der Waals surface area (Å²) in [5.41, 5.74) is 4.81. The number of rotatable bonds is 11. The molecule has 0 spiro atoms. The Morgan fingerprint density at radius 2 is 1.11 bits per heavy atom. The lowest BCUT2D eigenvalue weighted by molar-refractivity contribution is 0.171. The number of benzene rings is 4. The standard InChI is InChI=1S/C32H32O6/c1-33-26-13-8-22(9-14-26)4-6-24-12-17-28(34-2)29(18-24)38-27-15-10-23(11-16-27)5-7-25-19-30(35-3)32-31(20-25)36-21-37-32/h8-20H,4-7,21H2,1-3H3. The van der Waals surface area contributed by atoms with Gasteiger partial charge in [0.1, 0.15) is 11.5 Å². The van der Waals surface area contributed by atoms with Gasteiger partial charge in [-0.05, 0) is 96.5 Å². The molecule has 0 amide bonds. The molecule has 0 N–H and O–H groups in total. The highest BCUT2D eigenvalue weighted by Gasteiger charge is 2.20. The van der Waals surface area contributed by atoms with Crippen LogP contribution in [0.2, 0.25) is 0 Å². The molecule has 6 nitrogen and oxygen atoms in total. The molecule has 0 fully saturated rings. The van der Waals surface area contributed by atoms with Gasteiger partial charge in [-0.15, -0.1) is 0 Å². The third-order valence-corrected chi connectivity index (χ3v) is 6.66. The highest BCUT2D eigenvalue weighted by Crippen LogP contribution is 2.42. The highest BCUT2D eigenvalue weighted by molar-refractivity contribution is 5.55. The van der Waals surface area contributed by atoms with Crippen molar-refractivity contribution in [2.75, 3.05) is 28.1 Å². The second-order valence-corrected chi connectivity index (χ2v) is 9.11. The molecule has 0 bridgehead atoms. The Kier molecular flexibility index (Phi) is 7.88. The number of fused-ring (bicyclic) bond motifs is 1. The van der Waals surface area contributed by atoms with Crippen LogP contribution in [-0.4, -0.2) is 28.1 Å². The predicted molar refractivity (Wildman–Crippen MR) is 146 cm³/mol. The van der Waals surface area contributed by atoms with Gasteiger partial charge >= 0.3 is 0 Å². The predicted octanol–water partition coefficient (Wildman–Crippen LogP) is 6.80. The molecule has 196 valence electrons. The maximum Gasteiger partial charge on any atom is 0.231 e. The van der Waals surface area contributed by atoms with Crippen LogP contribution in [-0.2, 0) is 25.7 Å². The Morgan fingerprint density at radius 3 is 1.76 bits per heavy atom. The lowest BCUT2D eigenvalue weighted by atomic mass is 10.0. The van der Waals surface area contributed by atoms with E-state index in [4.69, 9.17) is 28.4 Å². The summed E-state index contributed by atoms with van der Waals surface area (Å²) < 4.78 is 33.5. The average Bonchev–Trinajstić information content (AvgIpc) is 3.44. The lowest BCUT2D eigenvalue weighted by Crippen LogP contribution is -1.96. The van der Waals surface area contributed by atoms with Crippen molar-refractivity contribution >= 4 is 0 Å². The van der Waals surface area contributed by atoms with Gasteiger partial charge in [-0.1, -0.05) is 30.3 Å². The van der Waals surface area contributed by atoms with Crippen molar-refractivity contribution in [3.05, 3.63) is 101 Å². The molecule has 0 unspecified atom stereocenters. The topological polar surface area (TPSA) is 55.4 Å². The van der Waals surface area contributed by atoms with E-state index in [9.17, 15) is 0 Å². The zero-order chi connectivity index (χ0) is 26.3. The van der Waals surface area contributed by atoms with Crippen LogP contribution < -0.4 is 28.4 Å². The maximum absolute atomic E-state index is 6.23. The number of hydrogen-bond donors (Lipinski definition) is 0. The normalized spacial score (nSPS) is 11.8. The molecular weight excluding hydrogens is 480 g/mol. The fourth-order valence-electron chi connectivity index (χ4n) is 4.51. The third kappa shape index (κ3) is 5.97. The minimum Gasteiger partial charge on any atom is -0.497 e. The second-order valence-electron chi connectivity index (χ2n) is 9.11. The maximum atomic E-state index is 6.23. The third-order valence-electron chi connectivity index (χ3n) is 6.66. The molecule has 0 saturated carbocycles. The minimum atomic E-state index is 0.229. The van der Waals surface area contributed by atoms with Crippen LogP contribution in [0.25, 0.3) is 0 Å². The van der Waals surface area contributed by atoms with Gasteiger partial charge in [0, 0.05) is 0 Å². The van der Waals surface area contributed by atoms with Crippen molar-refractivity contribution in [1.29, 1.82) is 0 Å². The molecule has 0 radical (unpaired) electrons. The molecule has 0 atom stereocenters. The van der Waals surface area contributed by atoms with Crippen molar-refractivity contribution in [3.63, 3.8) is 0 Å². The van der Waals surface area contributed by atoms with Crippen molar-refractivity contribution in [3.8, 4) is 40.2 Å². The summed E-state index contributed by atoms with van der Waals surface area (Å²) in [6, 6.07) is 26.5. The zero-order valence-electron chi connectivity index (χ0n) is 22.0. The summed E-state index contributed by atoms with van der Waals surface area (Å²) in [7, 11) is 4.99. The minimum absolute atomic E-state index is 0.229. The zero-order valence-corrected chi connectivity index (χ0v) is 22.0. The summed E-state index contributed by atoms with van der Waals surface area (Å²) in [6.45, 7) is 0.229. The van der Waals surface area contributed by atoms with Crippen LogP contribution >= 0.6 is 0 Å². The molecule has 38 heavy (non-hydrogen) atoms. The van der Waals surface area contributed by atoms with Gasteiger partial charge in [0.15, 0.2) is 23.0 Å². The van der Waals surface area contributed by atoms with E-state index >= 15 is 0 Å². The van der Waals surface area contributed by atoms with E-state index < -0.39 is 0 Å². The number of hydrogen-bond acceptors (Lipinski definition) is 6. The summed E-state index contributed by atoms with van der Waals surface area (Å²) in [5, 5.41) is 0. The van der Waals surface area contributed by atoms with E-state index in [-0.39, 0.29) is 6.79 Å². The molecule has 5 rings (SSSR count). The smallest absolute Gasteiger partial charge is 0.231 e. The quantitative estimate of drug-likeness (QED) is 0.220. The molecule has 0 aromatic heterocycles. The first-order valence-electron chi connectivity index (χ1n) is 12.7. The summed E-state index contributed by atoms with van der Waals surface area (Å²) in [6.07, 6.45) is 3.57. The Labute approximate surface area is 223 Å². The van der Waals surface area contributed by atoms with Gasteiger partial charge in [-0.25, -0.2) is 0 Å². The van der Waals surface area contributed by atoms with Gasteiger partial charge in [0.2, 0.25) is 12.5 Å². The molecule has 4 aromatic rings. The van der Waals surface area contributed by atoms with Gasteiger partial charge in [0.25, 0.3) is 0 Å². The monoisotopic (exact) mass is 512 g/mol. The first-order chi connectivity index (χ1) is 18.6. The molecule has 1 aliphatic heterocycles. The Hall–Kier alpha value is -4.32. The molecule has 0 saturated heterocycles.